The van der Waals surface area contributed by atoms with Crippen molar-refractivity contribution in [3.8, 4) is 0 Å². The molecule has 1 saturated heterocycles. The molecule has 0 radical (unpaired) electrons. The quantitative estimate of drug-likeness (QED) is 0.775. The van der Waals surface area contributed by atoms with E-state index in [2.05, 4.69) is 15.7 Å². The highest BCUT2D eigenvalue weighted by Gasteiger charge is 2.24. The van der Waals surface area contributed by atoms with Crippen LogP contribution < -0.4 is 10.6 Å². The van der Waals surface area contributed by atoms with Crippen molar-refractivity contribution >= 4 is 18.3 Å². The van der Waals surface area contributed by atoms with Crippen LogP contribution in [-0.4, -0.2) is 46.5 Å². The van der Waals surface area contributed by atoms with Crippen LogP contribution in [0.1, 0.15) is 55.1 Å². The van der Waals surface area contributed by atoms with Crippen LogP contribution in [0.25, 0.3) is 0 Å². The molecule has 0 spiro atoms. The number of piperidine rings is 1. The molecule has 23 heavy (non-hydrogen) atoms. The summed E-state index contributed by atoms with van der Waals surface area (Å²) < 4.78 is 1.90. The maximum atomic E-state index is 12.2. The Morgan fingerprint density at radius 3 is 2.91 bits per heavy atom. The Balaban J connectivity index is 0.00000192. The maximum Gasteiger partial charge on any atom is 0.271 e. The van der Waals surface area contributed by atoms with E-state index in [-0.39, 0.29) is 30.3 Å². The smallest absolute Gasteiger partial charge is 0.271 e. The van der Waals surface area contributed by atoms with E-state index in [1.54, 1.807) is 6.07 Å². The summed E-state index contributed by atoms with van der Waals surface area (Å²) in [7, 11) is 0. The number of hydrogen-bond donors (Lipinski definition) is 3. The first-order valence-corrected chi connectivity index (χ1v) is 8.46. The summed E-state index contributed by atoms with van der Waals surface area (Å²) in [6, 6.07) is 2.12. The molecule has 3 atom stereocenters. The van der Waals surface area contributed by atoms with Crippen LogP contribution in [0.2, 0.25) is 0 Å². The molecule has 1 aromatic rings. The molecule has 0 bridgehead atoms. The van der Waals surface area contributed by atoms with E-state index in [9.17, 15) is 9.90 Å². The number of rotatable bonds is 4. The number of carbonyl (C=O) groups is 1. The van der Waals surface area contributed by atoms with E-state index in [4.69, 9.17) is 0 Å². The van der Waals surface area contributed by atoms with E-state index >= 15 is 0 Å². The van der Waals surface area contributed by atoms with Gasteiger partial charge < -0.3 is 15.7 Å². The highest BCUT2D eigenvalue weighted by Crippen LogP contribution is 2.23. The van der Waals surface area contributed by atoms with Crippen molar-refractivity contribution < 1.29 is 9.90 Å². The normalized spacial score (nSPS) is 28.0. The van der Waals surface area contributed by atoms with Crippen molar-refractivity contribution in [3.05, 3.63) is 18.0 Å². The standard InChI is InChI=1S/C16H26N4O2.ClH/c21-15-6-2-1-4-12(15)10-18-16(22)14-7-9-20(19-14)13-5-3-8-17-11-13;/h7,9,12-13,15,17,21H,1-6,8,10-11H2,(H,18,22);1H. The minimum Gasteiger partial charge on any atom is -0.393 e. The van der Waals surface area contributed by atoms with Crippen molar-refractivity contribution in [2.75, 3.05) is 19.6 Å². The Morgan fingerprint density at radius 2 is 2.17 bits per heavy atom. The topological polar surface area (TPSA) is 79.2 Å². The van der Waals surface area contributed by atoms with Crippen molar-refractivity contribution in [1.29, 1.82) is 0 Å². The first-order chi connectivity index (χ1) is 10.7. The summed E-state index contributed by atoms with van der Waals surface area (Å²) in [5, 5.41) is 20.6. The van der Waals surface area contributed by atoms with Gasteiger partial charge in [-0.3, -0.25) is 9.48 Å². The maximum absolute atomic E-state index is 12.2. The first-order valence-electron chi connectivity index (χ1n) is 8.46. The van der Waals surface area contributed by atoms with E-state index in [0.717, 1.165) is 51.6 Å². The van der Waals surface area contributed by atoms with Crippen LogP contribution in [0.3, 0.4) is 0 Å². The Hall–Kier alpha value is -1.11. The van der Waals surface area contributed by atoms with Gasteiger partial charge in [-0.1, -0.05) is 12.8 Å². The van der Waals surface area contributed by atoms with Gasteiger partial charge in [0.25, 0.3) is 5.91 Å². The number of aromatic nitrogens is 2. The monoisotopic (exact) mass is 342 g/mol. The van der Waals surface area contributed by atoms with Gasteiger partial charge in [-0.25, -0.2) is 0 Å². The predicted molar refractivity (Wildman–Crippen MR) is 90.9 cm³/mol. The van der Waals surface area contributed by atoms with E-state index in [0.29, 0.717) is 18.3 Å². The molecule has 6 nitrogen and oxygen atoms in total. The Kier molecular flexibility index (Phi) is 6.87. The summed E-state index contributed by atoms with van der Waals surface area (Å²) in [4.78, 5) is 12.2. The van der Waals surface area contributed by atoms with Gasteiger partial charge >= 0.3 is 0 Å². The van der Waals surface area contributed by atoms with Crippen molar-refractivity contribution in [2.24, 2.45) is 5.92 Å². The molecule has 1 saturated carbocycles. The van der Waals surface area contributed by atoms with E-state index in [1.165, 1.54) is 0 Å². The molecule has 3 N–H and O–H groups in total. The molecule has 2 fully saturated rings. The minimum atomic E-state index is -0.278. The first kappa shape index (κ1) is 18.2. The van der Waals surface area contributed by atoms with Gasteiger partial charge in [0.15, 0.2) is 0 Å². The number of carbonyl (C=O) groups excluding carboxylic acids is 1. The van der Waals surface area contributed by atoms with Crippen molar-refractivity contribution in [3.63, 3.8) is 0 Å². The molecular weight excluding hydrogens is 316 g/mol. The van der Waals surface area contributed by atoms with Crippen LogP contribution in [0.4, 0.5) is 0 Å². The Bertz CT molecular complexity index is 502. The fourth-order valence-electron chi connectivity index (χ4n) is 3.46. The number of hydrogen-bond acceptors (Lipinski definition) is 4. The van der Waals surface area contributed by atoms with Gasteiger partial charge in [0.1, 0.15) is 5.69 Å². The summed E-state index contributed by atoms with van der Waals surface area (Å²) in [6.45, 7) is 2.52. The lowest BCUT2D eigenvalue weighted by molar-refractivity contribution is 0.0661. The summed E-state index contributed by atoms with van der Waals surface area (Å²) >= 11 is 0. The number of halogens is 1. The zero-order valence-corrected chi connectivity index (χ0v) is 14.2. The Morgan fingerprint density at radius 1 is 1.35 bits per heavy atom. The summed E-state index contributed by atoms with van der Waals surface area (Å²) in [5.74, 6) is 0.0441. The molecule has 7 heteroatoms. The second kappa shape index (κ2) is 8.66. The van der Waals surface area contributed by atoms with Crippen LogP contribution in [-0.2, 0) is 0 Å². The zero-order valence-electron chi connectivity index (χ0n) is 13.4. The molecular formula is C16H27ClN4O2. The molecule has 0 aromatic carbocycles. The number of amides is 1. The molecule has 130 valence electrons. The minimum absolute atomic E-state index is 0. The number of aliphatic hydroxyl groups excluding tert-OH is 1. The average molecular weight is 343 g/mol. The van der Waals surface area contributed by atoms with Crippen LogP contribution in [0.5, 0.6) is 0 Å². The lowest BCUT2D eigenvalue weighted by Crippen LogP contribution is -2.37. The lowest BCUT2D eigenvalue weighted by atomic mass is 9.86. The number of aliphatic hydroxyl groups is 1. The van der Waals surface area contributed by atoms with E-state index in [1.807, 2.05) is 10.9 Å². The third kappa shape index (κ3) is 4.68. The van der Waals surface area contributed by atoms with Gasteiger partial charge in [0.2, 0.25) is 0 Å². The predicted octanol–water partition coefficient (Wildman–Crippen LogP) is 1.51. The zero-order chi connectivity index (χ0) is 15.4. The number of nitrogens with zero attached hydrogens (tertiary/aromatic N) is 2. The SMILES string of the molecule is Cl.O=C(NCC1CCCCC1O)c1ccn(C2CCCNC2)n1. The van der Waals surface area contributed by atoms with Crippen LogP contribution in [0.15, 0.2) is 12.3 Å². The fourth-order valence-corrected chi connectivity index (χ4v) is 3.46. The van der Waals surface area contributed by atoms with Crippen molar-refractivity contribution in [1.82, 2.24) is 20.4 Å². The third-order valence-corrected chi connectivity index (χ3v) is 4.88. The third-order valence-electron chi connectivity index (χ3n) is 4.88. The van der Waals surface area contributed by atoms with Crippen LogP contribution in [0, 0.1) is 5.92 Å². The van der Waals surface area contributed by atoms with Gasteiger partial charge in [0, 0.05) is 25.2 Å². The van der Waals surface area contributed by atoms with Crippen molar-refractivity contribution in [2.45, 2.75) is 50.7 Å². The van der Waals surface area contributed by atoms with Gasteiger partial charge in [0.05, 0.1) is 12.1 Å². The molecule has 3 unspecified atom stereocenters. The molecule has 1 aromatic heterocycles. The largest absolute Gasteiger partial charge is 0.393 e. The van der Waals surface area contributed by atoms with Crippen LogP contribution >= 0.6 is 12.4 Å². The van der Waals surface area contributed by atoms with Gasteiger partial charge in [-0.05, 0) is 38.3 Å². The summed E-state index contributed by atoms with van der Waals surface area (Å²) in [6.07, 6.45) is 7.93. The Labute approximate surface area is 143 Å². The summed E-state index contributed by atoms with van der Waals surface area (Å²) in [5.41, 5.74) is 0.468. The molecule has 2 heterocycles. The highest BCUT2D eigenvalue weighted by atomic mass is 35.5. The van der Waals surface area contributed by atoms with Gasteiger partial charge in [-0.15, -0.1) is 12.4 Å². The second-order valence-electron chi connectivity index (χ2n) is 6.50. The highest BCUT2D eigenvalue weighted by molar-refractivity contribution is 5.92. The lowest BCUT2D eigenvalue weighted by Gasteiger charge is -2.27. The fraction of sp³-hybridized carbons (Fsp3) is 0.750. The molecule has 2 aliphatic rings. The second-order valence-corrected chi connectivity index (χ2v) is 6.50. The molecule has 1 aliphatic carbocycles. The molecule has 1 amide bonds. The van der Waals surface area contributed by atoms with Gasteiger partial charge in [-0.2, -0.15) is 5.10 Å². The average Bonchev–Trinajstić information content (AvgIpc) is 3.05. The molecule has 3 rings (SSSR count). The van der Waals surface area contributed by atoms with E-state index < -0.39 is 0 Å². The molecule has 1 aliphatic heterocycles. The number of nitrogens with one attached hydrogen (secondary N) is 2.